The Balaban J connectivity index is 2.13. The fourth-order valence-electron chi connectivity index (χ4n) is 3.48. The van der Waals surface area contributed by atoms with Crippen LogP contribution in [-0.2, 0) is 7.05 Å². The van der Waals surface area contributed by atoms with Crippen LogP contribution < -0.4 is 4.57 Å². The lowest BCUT2D eigenvalue weighted by atomic mass is 9.95. The lowest BCUT2D eigenvalue weighted by Gasteiger charge is -2.11. The monoisotopic (exact) mass is 316 g/mol. The van der Waals surface area contributed by atoms with E-state index in [0.717, 1.165) is 22.2 Å². The molecule has 0 N–H and O–H groups in total. The number of aromatic nitrogens is 1. The fourth-order valence-corrected chi connectivity index (χ4v) is 3.48. The van der Waals surface area contributed by atoms with Crippen LogP contribution in [0.5, 0.6) is 0 Å². The number of hydrogen-bond donors (Lipinski definition) is 0. The molecule has 0 amide bonds. The van der Waals surface area contributed by atoms with E-state index in [0.29, 0.717) is 0 Å². The molecule has 0 unspecified atom stereocenters. The maximum atomic E-state index is 13.7. The predicted molar refractivity (Wildman–Crippen MR) is 97.5 cm³/mol. The van der Waals surface area contributed by atoms with Crippen LogP contribution in [0.25, 0.3) is 32.8 Å². The Labute approximate surface area is 141 Å². The van der Waals surface area contributed by atoms with E-state index in [1.807, 2.05) is 12.1 Å². The van der Waals surface area contributed by atoms with Gasteiger partial charge >= 0.3 is 0 Å². The molecule has 4 aromatic rings. The van der Waals surface area contributed by atoms with E-state index in [1.54, 1.807) is 6.07 Å². The number of rotatable bonds is 1. The zero-order chi connectivity index (χ0) is 16.8. The second kappa shape index (κ2) is 5.41. The van der Waals surface area contributed by atoms with Crippen LogP contribution in [0.2, 0.25) is 0 Å². The number of fused-ring (bicyclic) bond motifs is 2. The van der Waals surface area contributed by atoms with Gasteiger partial charge < -0.3 is 0 Å². The van der Waals surface area contributed by atoms with Gasteiger partial charge in [-0.15, -0.1) is 0 Å². The second-order valence-electron chi connectivity index (χ2n) is 6.44. The van der Waals surface area contributed by atoms with Crippen molar-refractivity contribution in [3.05, 3.63) is 77.7 Å². The van der Waals surface area contributed by atoms with Crippen molar-refractivity contribution >= 4 is 21.5 Å². The van der Waals surface area contributed by atoms with Gasteiger partial charge in [-0.1, -0.05) is 30.3 Å². The SMILES string of the molecule is Cc1cc2ccccc2cc1-c1c2ccc(F)cc2cc(C)[n+]1C. The van der Waals surface area contributed by atoms with Crippen molar-refractivity contribution in [1.82, 2.24) is 0 Å². The van der Waals surface area contributed by atoms with Crippen molar-refractivity contribution < 1.29 is 8.96 Å². The smallest absolute Gasteiger partial charge is 0.207 e. The van der Waals surface area contributed by atoms with Crippen LogP contribution in [-0.4, -0.2) is 0 Å². The second-order valence-corrected chi connectivity index (χ2v) is 6.44. The van der Waals surface area contributed by atoms with Crippen LogP contribution in [0.4, 0.5) is 4.39 Å². The Kier molecular flexibility index (Phi) is 3.34. The number of benzene rings is 3. The number of pyridine rings is 1. The molecule has 1 nitrogen and oxygen atoms in total. The summed E-state index contributed by atoms with van der Waals surface area (Å²) in [7, 11) is 2.07. The van der Waals surface area contributed by atoms with Crippen LogP contribution >= 0.6 is 0 Å². The molecule has 0 aliphatic rings. The number of hydrogen-bond acceptors (Lipinski definition) is 0. The highest BCUT2D eigenvalue weighted by Crippen LogP contribution is 2.31. The molecule has 118 valence electrons. The Hall–Kier alpha value is -2.74. The molecule has 0 saturated heterocycles. The maximum absolute atomic E-state index is 13.7. The van der Waals surface area contributed by atoms with Gasteiger partial charge in [-0.05, 0) is 52.9 Å². The minimum atomic E-state index is -0.197. The molecule has 1 aromatic heterocycles. The Morgan fingerprint density at radius 2 is 1.50 bits per heavy atom. The summed E-state index contributed by atoms with van der Waals surface area (Å²) in [5, 5.41) is 4.47. The molecule has 0 radical (unpaired) electrons. The molecule has 0 saturated carbocycles. The van der Waals surface area contributed by atoms with Gasteiger partial charge in [0.2, 0.25) is 5.69 Å². The average Bonchev–Trinajstić information content (AvgIpc) is 2.56. The first-order chi connectivity index (χ1) is 11.5. The van der Waals surface area contributed by atoms with Gasteiger partial charge in [0.15, 0.2) is 5.69 Å². The van der Waals surface area contributed by atoms with Crippen molar-refractivity contribution in [2.45, 2.75) is 13.8 Å². The molecule has 0 atom stereocenters. The van der Waals surface area contributed by atoms with Gasteiger partial charge in [0.25, 0.3) is 0 Å². The van der Waals surface area contributed by atoms with E-state index < -0.39 is 0 Å². The third-order valence-corrected chi connectivity index (χ3v) is 4.85. The minimum absolute atomic E-state index is 0.197. The molecular weight excluding hydrogens is 297 g/mol. The van der Waals surface area contributed by atoms with Gasteiger partial charge in [0, 0.05) is 13.0 Å². The summed E-state index contributed by atoms with van der Waals surface area (Å²) in [5.41, 5.74) is 4.65. The third kappa shape index (κ3) is 2.26. The molecule has 0 aliphatic carbocycles. The van der Waals surface area contributed by atoms with Crippen LogP contribution in [0.1, 0.15) is 11.3 Å². The van der Waals surface area contributed by atoms with E-state index in [2.05, 4.69) is 61.9 Å². The number of nitrogens with zero attached hydrogens (tertiary/aromatic N) is 1. The highest BCUT2D eigenvalue weighted by Gasteiger charge is 2.20. The van der Waals surface area contributed by atoms with Gasteiger partial charge in [0.1, 0.15) is 12.9 Å². The third-order valence-electron chi connectivity index (χ3n) is 4.85. The highest BCUT2D eigenvalue weighted by atomic mass is 19.1. The largest absolute Gasteiger partial charge is 0.220 e. The zero-order valence-electron chi connectivity index (χ0n) is 14.1. The van der Waals surface area contributed by atoms with E-state index in [4.69, 9.17) is 0 Å². The first kappa shape index (κ1) is 14.8. The quantitative estimate of drug-likeness (QED) is 0.423. The van der Waals surface area contributed by atoms with Crippen molar-refractivity contribution in [3.63, 3.8) is 0 Å². The molecule has 2 heteroatoms. The molecule has 0 spiro atoms. The summed E-state index contributed by atoms with van der Waals surface area (Å²) in [6.45, 7) is 4.20. The maximum Gasteiger partial charge on any atom is 0.220 e. The van der Waals surface area contributed by atoms with E-state index in [9.17, 15) is 4.39 Å². The van der Waals surface area contributed by atoms with E-state index >= 15 is 0 Å². The molecule has 0 aliphatic heterocycles. The molecule has 4 rings (SSSR count). The first-order valence-electron chi connectivity index (χ1n) is 8.13. The molecule has 3 aromatic carbocycles. The van der Waals surface area contributed by atoms with Crippen LogP contribution in [0.3, 0.4) is 0 Å². The van der Waals surface area contributed by atoms with Crippen molar-refractivity contribution in [2.75, 3.05) is 0 Å². The standard InChI is InChI=1S/C22H19FN/c1-14-10-16-6-4-5-7-17(16)13-21(14)22-20-9-8-19(23)12-18(20)11-15(2)24(22)3/h4-13H,1-3H3/q+1. The van der Waals surface area contributed by atoms with E-state index in [-0.39, 0.29) is 5.82 Å². The lowest BCUT2D eigenvalue weighted by Crippen LogP contribution is -2.35. The summed E-state index contributed by atoms with van der Waals surface area (Å²) >= 11 is 0. The molecule has 1 heterocycles. The Bertz CT molecular complexity index is 1100. The van der Waals surface area contributed by atoms with Crippen molar-refractivity contribution in [1.29, 1.82) is 0 Å². The Morgan fingerprint density at radius 1 is 0.792 bits per heavy atom. The van der Waals surface area contributed by atoms with Gasteiger partial charge in [-0.2, -0.15) is 4.57 Å². The summed E-state index contributed by atoms with van der Waals surface area (Å²) in [6.07, 6.45) is 0. The van der Waals surface area contributed by atoms with Gasteiger partial charge in [-0.3, -0.25) is 0 Å². The van der Waals surface area contributed by atoms with Gasteiger partial charge in [0.05, 0.1) is 10.9 Å². The first-order valence-corrected chi connectivity index (χ1v) is 8.13. The minimum Gasteiger partial charge on any atom is -0.207 e. The molecule has 0 bridgehead atoms. The van der Waals surface area contributed by atoms with Crippen molar-refractivity contribution in [2.24, 2.45) is 7.05 Å². The van der Waals surface area contributed by atoms with Crippen molar-refractivity contribution in [3.8, 4) is 11.3 Å². The lowest BCUT2D eigenvalue weighted by molar-refractivity contribution is -0.665. The van der Waals surface area contributed by atoms with E-state index in [1.165, 1.54) is 28.0 Å². The predicted octanol–water partition coefficient (Wildman–Crippen LogP) is 5.24. The summed E-state index contributed by atoms with van der Waals surface area (Å²) in [4.78, 5) is 0. The number of aryl methyl sites for hydroxylation is 2. The van der Waals surface area contributed by atoms with Gasteiger partial charge in [-0.25, -0.2) is 4.39 Å². The zero-order valence-corrected chi connectivity index (χ0v) is 14.1. The van der Waals surface area contributed by atoms with Crippen LogP contribution in [0, 0.1) is 19.7 Å². The molecule has 24 heavy (non-hydrogen) atoms. The van der Waals surface area contributed by atoms with Crippen LogP contribution in [0.15, 0.2) is 60.7 Å². The summed E-state index contributed by atoms with van der Waals surface area (Å²) in [6, 6.07) is 19.9. The summed E-state index contributed by atoms with van der Waals surface area (Å²) < 4.78 is 15.9. The normalized spacial score (nSPS) is 11.3. The summed E-state index contributed by atoms with van der Waals surface area (Å²) in [5.74, 6) is -0.197. The highest BCUT2D eigenvalue weighted by molar-refractivity contribution is 5.97. The fraction of sp³-hybridized carbons (Fsp3) is 0.136. The molecule has 0 fully saturated rings. The number of halogens is 1. The topological polar surface area (TPSA) is 3.88 Å². The average molecular weight is 316 g/mol. The molecular formula is C22H19FN+. The Morgan fingerprint density at radius 3 is 2.25 bits per heavy atom.